The Morgan fingerprint density at radius 3 is 2.36 bits per heavy atom. The maximum atomic E-state index is 13.5. The van der Waals surface area contributed by atoms with E-state index in [2.05, 4.69) is 35.3 Å². The number of amides is 3. The molecule has 3 aliphatic rings. The third kappa shape index (κ3) is 4.60. The molecule has 2 aliphatic heterocycles. The van der Waals surface area contributed by atoms with E-state index in [1.165, 1.54) is 6.92 Å². The smallest absolute Gasteiger partial charge is 0.319 e. The molecule has 0 saturated heterocycles. The summed E-state index contributed by atoms with van der Waals surface area (Å²) in [5.41, 5.74) is 2.28. The second kappa shape index (κ2) is 9.50. The van der Waals surface area contributed by atoms with E-state index in [-0.39, 0.29) is 23.6 Å². The van der Waals surface area contributed by atoms with Crippen LogP contribution in [-0.2, 0) is 14.3 Å². The Morgan fingerprint density at radius 2 is 1.81 bits per heavy atom. The molecule has 3 amide bonds. The van der Waals surface area contributed by atoms with Crippen molar-refractivity contribution >= 4 is 31.8 Å². The van der Waals surface area contributed by atoms with Crippen LogP contribution in [0.5, 0.6) is 0 Å². The van der Waals surface area contributed by atoms with Crippen molar-refractivity contribution in [2.45, 2.75) is 76.3 Å². The van der Waals surface area contributed by atoms with Gasteiger partial charge in [0.2, 0.25) is 5.91 Å². The number of ether oxygens (including phenoxy) is 1. The minimum absolute atomic E-state index is 0.0496. The number of benzene rings is 1. The van der Waals surface area contributed by atoms with Gasteiger partial charge >= 0.3 is 12.0 Å². The third-order valence-corrected chi connectivity index (χ3v) is 11.9. The minimum atomic E-state index is -1.71. The molecule has 1 aromatic rings. The average molecular weight is 511 g/mol. The lowest BCUT2D eigenvalue weighted by atomic mass is 9.83. The summed E-state index contributed by atoms with van der Waals surface area (Å²) < 4.78 is 5.24. The van der Waals surface area contributed by atoms with E-state index < -0.39 is 25.6 Å². The number of nitrogens with one attached hydrogen (secondary N) is 2. The molecule has 2 heterocycles. The van der Waals surface area contributed by atoms with Crippen molar-refractivity contribution in [3.05, 3.63) is 47.0 Å². The number of esters is 1. The van der Waals surface area contributed by atoms with Gasteiger partial charge < -0.3 is 20.3 Å². The van der Waals surface area contributed by atoms with Gasteiger partial charge in [-0.05, 0) is 37.8 Å². The molecule has 0 bridgehead atoms. The van der Waals surface area contributed by atoms with Crippen LogP contribution < -0.4 is 10.6 Å². The fourth-order valence-corrected chi connectivity index (χ4v) is 8.19. The molecule has 1 atom stereocenters. The van der Waals surface area contributed by atoms with Crippen LogP contribution in [-0.4, -0.2) is 62.0 Å². The maximum absolute atomic E-state index is 13.5. The number of hydrogen-bond donors (Lipinski definition) is 2. The lowest BCUT2D eigenvalue weighted by Crippen LogP contribution is -2.55. The summed E-state index contributed by atoms with van der Waals surface area (Å²) in [4.78, 5) is 44.8. The normalized spacial score (nSPS) is 20.7. The molecule has 4 rings (SSSR count). The molecule has 1 fully saturated rings. The van der Waals surface area contributed by atoms with Crippen LogP contribution in [0.25, 0.3) is 0 Å². The summed E-state index contributed by atoms with van der Waals surface area (Å²) in [6, 6.07) is 8.75. The first kappa shape index (κ1) is 26.1. The first-order valence-electron chi connectivity index (χ1n) is 12.7. The molecule has 8 nitrogen and oxygen atoms in total. The number of carbonyl (C=O) groups is 3. The minimum Gasteiger partial charge on any atom is -0.463 e. The molecule has 0 radical (unpaired) electrons. The molecular weight excluding hydrogens is 472 g/mol. The lowest BCUT2D eigenvalue weighted by Gasteiger charge is -2.49. The third-order valence-electron chi connectivity index (χ3n) is 8.28. The van der Waals surface area contributed by atoms with Gasteiger partial charge in [-0.15, -0.1) is 0 Å². The number of amidine groups is 1. The van der Waals surface area contributed by atoms with Gasteiger partial charge in [0.05, 0.1) is 32.7 Å². The SMILES string of the molecule is CC(=O)OC[C@@H](NC(=O)N1CC2=C(CN=C2NC(=O)C2([Si](C)(C)C)CCC2)C1(C)C)c1ccccc1. The van der Waals surface area contributed by atoms with Gasteiger partial charge in [-0.1, -0.05) is 56.4 Å². The number of urea groups is 1. The summed E-state index contributed by atoms with van der Waals surface area (Å²) in [5.74, 6) is 0.306. The van der Waals surface area contributed by atoms with Crippen LogP contribution in [0, 0.1) is 0 Å². The first-order chi connectivity index (χ1) is 16.9. The van der Waals surface area contributed by atoms with Crippen LogP contribution in [0.1, 0.15) is 51.6 Å². The Morgan fingerprint density at radius 1 is 1.14 bits per heavy atom. The summed E-state index contributed by atoms with van der Waals surface area (Å²) >= 11 is 0. The number of rotatable bonds is 6. The fraction of sp³-hybridized carbons (Fsp3) is 0.556. The van der Waals surface area contributed by atoms with E-state index in [9.17, 15) is 14.4 Å². The summed E-state index contributed by atoms with van der Waals surface area (Å²) in [5, 5.41) is 5.98. The van der Waals surface area contributed by atoms with Crippen LogP contribution in [0.15, 0.2) is 46.5 Å². The predicted octanol–water partition coefficient (Wildman–Crippen LogP) is 4.18. The molecule has 1 saturated carbocycles. The Balaban J connectivity index is 1.48. The Hall–Kier alpha value is -2.94. The first-order valence-corrected chi connectivity index (χ1v) is 16.2. The van der Waals surface area contributed by atoms with E-state index in [1.54, 1.807) is 4.90 Å². The van der Waals surface area contributed by atoms with Gasteiger partial charge in [-0.25, -0.2) is 4.79 Å². The quantitative estimate of drug-likeness (QED) is 0.443. The van der Waals surface area contributed by atoms with Gasteiger partial charge in [0.1, 0.15) is 12.4 Å². The second-order valence-electron chi connectivity index (χ2n) is 11.6. The van der Waals surface area contributed by atoms with E-state index in [0.717, 1.165) is 36.0 Å². The highest BCUT2D eigenvalue weighted by molar-refractivity contribution is 6.82. The average Bonchev–Trinajstić information content (AvgIpc) is 3.27. The molecule has 9 heteroatoms. The molecule has 36 heavy (non-hydrogen) atoms. The molecule has 1 aliphatic carbocycles. The lowest BCUT2D eigenvalue weighted by molar-refractivity contribution is -0.141. The topological polar surface area (TPSA) is 100 Å². The largest absolute Gasteiger partial charge is 0.463 e. The monoisotopic (exact) mass is 510 g/mol. The summed E-state index contributed by atoms with van der Waals surface area (Å²) in [6.45, 7) is 13.0. The molecule has 194 valence electrons. The predicted molar refractivity (Wildman–Crippen MR) is 142 cm³/mol. The van der Waals surface area contributed by atoms with E-state index in [4.69, 9.17) is 4.74 Å². The van der Waals surface area contributed by atoms with Crippen LogP contribution in [0.2, 0.25) is 24.7 Å². The summed E-state index contributed by atoms with van der Waals surface area (Å²) in [7, 11) is -1.71. The van der Waals surface area contributed by atoms with E-state index >= 15 is 0 Å². The fourth-order valence-electron chi connectivity index (χ4n) is 5.59. The molecular formula is C27H38N4O4Si. The molecule has 1 aromatic carbocycles. The van der Waals surface area contributed by atoms with Crippen molar-refractivity contribution < 1.29 is 19.1 Å². The molecule has 0 aromatic heterocycles. The number of aliphatic imine (C=N–C) groups is 1. The Bertz CT molecular complexity index is 1120. The zero-order valence-corrected chi connectivity index (χ0v) is 23.2. The number of hydrogen-bond acceptors (Lipinski definition) is 5. The Kier molecular flexibility index (Phi) is 6.89. The number of nitrogens with zero attached hydrogens (tertiary/aromatic N) is 2. The van der Waals surface area contributed by atoms with Gasteiger partial charge in [0.15, 0.2) is 0 Å². The highest BCUT2D eigenvalue weighted by Crippen LogP contribution is 2.55. The zero-order valence-electron chi connectivity index (χ0n) is 22.2. The number of carbonyl (C=O) groups excluding carboxylic acids is 3. The zero-order chi connectivity index (χ0) is 26.3. The van der Waals surface area contributed by atoms with Crippen molar-refractivity contribution in [1.82, 2.24) is 15.5 Å². The second-order valence-corrected chi connectivity index (χ2v) is 17.1. The molecule has 2 N–H and O–H groups in total. The maximum Gasteiger partial charge on any atom is 0.319 e. The van der Waals surface area contributed by atoms with E-state index in [0.29, 0.717) is 18.9 Å². The van der Waals surface area contributed by atoms with Gasteiger partial charge in [-0.3, -0.25) is 14.6 Å². The highest BCUT2D eigenvalue weighted by atomic mass is 28.3. The van der Waals surface area contributed by atoms with Gasteiger partial charge in [0, 0.05) is 17.5 Å². The van der Waals surface area contributed by atoms with Gasteiger partial charge in [0.25, 0.3) is 0 Å². The van der Waals surface area contributed by atoms with E-state index in [1.807, 2.05) is 44.2 Å². The van der Waals surface area contributed by atoms with Crippen LogP contribution in [0.3, 0.4) is 0 Å². The van der Waals surface area contributed by atoms with Crippen molar-refractivity contribution in [1.29, 1.82) is 0 Å². The van der Waals surface area contributed by atoms with Gasteiger partial charge in [-0.2, -0.15) is 0 Å². The molecule has 0 unspecified atom stereocenters. The van der Waals surface area contributed by atoms with Crippen molar-refractivity contribution in [3.63, 3.8) is 0 Å². The van der Waals surface area contributed by atoms with Crippen molar-refractivity contribution in [2.75, 3.05) is 19.7 Å². The molecule has 0 spiro atoms. The van der Waals surface area contributed by atoms with Crippen molar-refractivity contribution in [3.8, 4) is 0 Å². The standard InChI is InChI=1S/C27H38N4O4Si/c1-18(32)35-17-22(19-11-8-7-9-12-19)29-25(34)31-16-20-21(26(31,2)3)15-28-23(20)30-24(33)27(13-10-14-27)36(4,5)6/h7-9,11-12,22H,10,13-17H2,1-6H3,(H,29,34)(H,28,30,33)/t22-/m1/s1. The van der Waals surface area contributed by atoms with Crippen LogP contribution >= 0.6 is 0 Å². The summed E-state index contributed by atoms with van der Waals surface area (Å²) in [6.07, 6.45) is 2.98. The highest BCUT2D eigenvalue weighted by Gasteiger charge is 2.54. The Labute approximate surface area is 214 Å². The van der Waals surface area contributed by atoms with Crippen molar-refractivity contribution in [2.24, 2.45) is 4.99 Å². The van der Waals surface area contributed by atoms with Crippen LogP contribution in [0.4, 0.5) is 4.79 Å².